The number of alkyl halides is 3. The summed E-state index contributed by atoms with van der Waals surface area (Å²) in [7, 11) is 0. The average Bonchev–Trinajstić information content (AvgIpc) is 2.02. The molecular weight excluding hydrogens is 173 g/mol. The molecule has 1 rings (SSSR count). The Labute approximate surface area is 66.2 Å². The lowest BCUT2D eigenvalue weighted by Gasteiger charge is -2.04. The van der Waals surface area contributed by atoms with Gasteiger partial charge in [0.25, 0.3) is 0 Å². The number of hydrogen-bond acceptors (Lipinski definition) is 3. The summed E-state index contributed by atoms with van der Waals surface area (Å²) in [6.07, 6.45) is -1.01. The van der Waals surface area contributed by atoms with E-state index in [2.05, 4.69) is 20.9 Å². The maximum Gasteiger partial charge on any atom is 0.522 e. The van der Waals surface area contributed by atoms with Gasteiger partial charge >= 0.3 is 6.36 Å². The molecule has 0 aliphatic heterocycles. The Morgan fingerprint density at radius 3 is 2.75 bits per heavy atom. The summed E-state index contributed by atoms with van der Waals surface area (Å²) >= 11 is 0. The van der Waals surface area contributed by atoms with E-state index in [1.165, 1.54) is 12.3 Å². The predicted octanol–water partition coefficient (Wildman–Crippen LogP) is 1.31. The van der Waals surface area contributed by atoms with Gasteiger partial charge in [-0.15, -0.1) is 13.2 Å². The number of rotatable bonds is 2. The van der Waals surface area contributed by atoms with Gasteiger partial charge in [0.05, 0.1) is 6.20 Å². The third kappa shape index (κ3) is 3.29. The summed E-state index contributed by atoms with van der Waals surface area (Å²) in [5.74, 6) is -0.0465. The van der Waals surface area contributed by atoms with Gasteiger partial charge in [-0.2, -0.15) is 0 Å². The summed E-state index contributed by atoms with van der Waals surface area (Å²) in [6, 6.07) is 1.39. The van der Waals surface area contributed by atoms with E-state index in [9.17, 15) is 13.2 Å². The molecular formula is C6H4F3N2O. The Bertz CT molecular complexity index is 236. The van der Waals surface area contributed by atoms with Gasteiger partial charge in [-0.25, -0.2) is 9.97 Å². The first-order chi connectivity index (χ1) is 5.58. The zero-order valence-electron chi connectivity index (χ0n) is 5.80. The van der Waals surface area contributed by atoms with Crippen LogP contribution in [-0.2, 0) is 11.3 Å². The Kier molecular flexibility index (Phi) is 2.59. The number of aromatic nitrogens is 2. The second-order valence-corrected chi connectivity index (χ2v) is 1.84. The fourth-order valence-corrected chi connectivity index (χ4v) is 0.513. The molecule has 0 bridgehead atoms. The minimum Gasteiger partial charge on any atom is -0.284 e. The Morgan fingerprint density at radius 2 is 2.25 bits per heavy atom. The number of nitrogens with zero attached hydrogens (tertiary/aromatic N) is 2. The molecule has 0 saturated carbocycles. The van der Waals surface area contributed by atoms with E-state index in [1.807, 2.05) is 0 Å². The van der Waals surface area contributed by atoms with Crippen molar-refractivity contribution in [1.82, 2.24) is 9.97 Å². The van der Waals surface area contributed by atoms with Crippen LogP contribution in [0.3, 0.4) is 0 Å². The first-order valence-electron chi connectivity index (χ1n) is 2.96. The maximum atomic E-state index is 11.5. The Morgan fingerprint density at radius 1 is 1.50 bits per heavy atom. The van der Waals surface area contributed by atoms with Crippen LogP contribution in [0.1, 0.15) is 5.82 Å². The van der Waals surface area contributed by atoms with Gasteiger partial charge in [0.15, 0.2) is 5.82 Å². The second kappa shape index (κ2) is 3.48. The molecule has 0 aliphatic rings. The lowest BCUT2D eigenvalue weighted by Crippen LogP contribution is -2.14. The van der Waals surface area contributed by atoms with E-state index in [0.29, 0.717) is 0 Å². The molecule has 1 heterocycles. The lowest BCUT2D eigenvalue weighted by atomic mass is 10.6. The highest BCUT2D eigenvalue weighted by molar-refractivity contribution is 4.84. The number of ether oxygens (including phenoxy) is 1. The van der Waals surface area contributed by atoms with E-state index in [1.54, 1.807) is 0 Å². The minimum absolute atomic E-state index is 0.0465. The van der Waals surface area contributed by atoms with Gasteiger partial charge in [0, 0.05) is 6.20 Å². The van der Waals surface area contributed by atoms with Crippen molar-refractivity contribution in [2.75, 3.05) is 0 Å². The van der Waals surface area contributed by atoms with Crippen molar-refractivity contribution in [1.29, 1.82) is 0 Å². The largest absolute Gasteiger partial charge is 0.522 e. The van der Waals surface area contributed by atoms with Gasteiger partial charge < -0.3 is 0 Å². The fraction of sp³-hybridized carbons (Fsp3) is 0.333. The summed E-state index contributed by atoms with van der Waals surface area (Å²) in [6.45, 7) is -0.680. The van der Waals surface area contributed by atoms with Crippen LogP contribution in [-0.4, -0.2) is 16.3 Å². The van der Waals surface area contributed by atoms with E-state index in [-0.39, 0.29) is 5.82 Å². The molecule has 0 saturated heterocycles. The van der Waals surface area contributed by atoms with Crippen molar-refractivity contribution in [3.8, 4) is 0 Å². The van der Waals surface area contributed by atoms with Crippen LogP contribution in [0, 0.1) is 6.20 Å². The SMILES string of the molecule is FC(F)(F)OCc1n[c]ccn1. The van der Waals surface area contributed by atoms with Crippen molar-refractivity contribution < 1.29 is 17.9 Å². The molecule has 3 nitrogen and oxygen atoms in total. The van der Waals surface area contributed by atoms with Gasteiger partial charge in [0.2, 0.25) is 0 Å². The van der Waals surface area contributed by atoms with E-state index in [0.717, 1.165) is 0 Å². The standard InChI is InChI=1S/C6H4F3N2O/c7-6(8,9)12-4-5-10-2-1-3-11-5/h1-2H,4H2. The molecule has 0 aliphatic carbocycles. The molecule has 0 spiro atoms. The molecule has 0 aromatic carbocycles. The molecule has 6 heteroatoms. The van der Waals surface area contributed by atoms with Gasteiger partial charge in [-0.1, -0.05) is 0 Å². The highest BCUT2D eigenvalue weighted by Crippen LogP contribution is 2.17. The van der Waals surface area contributed by atoms with Crippen molar-refractivity contribution in [2.45, 2.75) is 13.0 Å². The van der Waals surface area contributed by atoms with Crippen LogP contribution in [0.2, 0.25) is 0 Å². The summed E-state index contributed by atoms with van der Waals surface area (Å²) in [5.41, 5.74) is 0. The fourth-order valence-electron chi connectivity index (χ4n) is 0.513. The van der Waals surface area contributed by atoms with Gasteiger partial charge in [0.1, 0.15) is 6.61 Å². The van der Waals surface area contributed by atoms with Crippen LogP contribution in [0.15, 0.2) is 12.3 Å². The summed E-state index contributed by atoms with van der Waals surface area (Å²) in [4.78, 5) is 6.94. The molecule has 1 radical (unpaired) electrons. The second-order valence-electron chi connectivity index (χ2n) is 1.84. The van der Waals surface area contributed by atoms with Crippen molar-refractivity contribution in [2.24, 2.45) is 0 Å². The number of hydrogen-bond donors (Lipinski definition) is 0. The normalized spacial score (nSPS) is 11.6. The Balaban J connectivity index is 2.44. The monoisotopic (exact) mass is 177 g/mol. The highest BCUT2D eigenvalue weighted by atomic mass is 19.4. The topological polar surface area (TPSA) is 35.0 Å². The molecule has 0 atom stereocenters. The summed E-state index contributed by atoms with van der Waals surface area (Å²) in [5, 5.41) is 0. The van der Waals surface area contributed by atoms with E-state index >= 15 is 0 Å². The molecule has 0 fully saturated rings. The zero-order chi connectivity index (χ0) is 9.03. The predicted molar refractivity (Wildman–Crippen MR) is 31.7 cm³/mol. The molecule has 0 N–H and O–H groups in total. The summed E-state index contributed by atoms with van der Waals surface area (Å²) < 4.78 is 37.8. The molecule has 65 valence electrons. The van der Waals surface area contributed by atoms with Crippen LogP contribution in [0.5, 0.6) is 0 Å². The third-order valence-corrected chi connectivity index (χ3v) is 0.931. The average molecular weight is 177 g/mol. The first kappa shape index (κ1) is 8.92. The lowest BCUT2D eigenvalue weighted by molar-refractivity contribution is -0.331. The minimum atomic E-state index is -4.64. The van der Waals surface area contributed by atoms with Gasteiger partial charge in [-0.3, -0.25) is 4.74 Å². The van der Waals surface area contributed by atoms with Crippen molar-refractivity contribution >= 4 is 0 Å². The molecule has 0 amide bonds. The Hall–Kier alpha value is -1.17. The van der Waals surface area contributed by atoms with Crippen LogP contribution in [0.4, 0.5) is 13.2 Å². The zero-order valence-corrected chi connectivity index (χ0v) is 5.80. The van der Waals surface area contributed by atoms with E-state index < -0.39 is 13.0 Å². The third-order valence-electron chi connectivity index (χ3n) is 0.931. The molecule has 1 aromatic rings. The maximum absolute atomic E-state index is 11.5. The molecule has 12 heavy (non-hydrogen) atoms. The smallest absolute Gasteiger partial charge is 0.284 e. The van der Waals surface area contributed by atoms with Gasteiger partial charge in [-0.05, 0) is 6.07 Å². The quantitative estimate of drug-likeness (QED) is 0.683. The van der Waals surface area contributed by atoms with Crippen LogP contribution < -0.4 is 0 Å². The first-order valence-corrected chi connectivity index (χ1v) is 2.96. The number of halogens is 3. The van der Waals surface area contributed by atoms with E-state index in [4.69, 9.17) is 0 Å². The highest BCUT2D eigenvalue weighted by Gasteiger charge is 2.29. The van der Waals surface area contributed by atoms with Crippen LogP contribution in [0.25, 0.3) is 0 Å². The van der Waals surface area contributed by atoms with Crippen molar-refractivity contribution in [3.05, 3.63) is 24.3 Å². The van der Waals surface area contributed by atoms with Crippen LogP contribution >= 0.6 is 0 Å². The molecule has 0 unspecified atom stereocenters. The van der Waals surface area contributed by atoms with Crippen molar-refractivity contribution in [3.63, 3.8) is 0 Å². The molecule has 1 aromatic heterocycles.